The molecule has 1 aromatic rings. The first-order chi connectivity index (χ1) is 8.54. The van der Waals surface area contributed by atoms with Gasteiger partial charge in [-0.15, -0.1) is 0 Å². The maximum atomic E-state index is 6.06. The second-order valence-electron chi connectivity index (χ2n) is 4.65. The van der Waals surface area contributed by atoms with E-state index in [-0.39, 0.29) is 6.10 Å². The number of hydrogen-bond donors (Lipinski definition) is 1. The van der Waals surface area contributed by atoms with Gasteiger partial charge >= 0.3 is 0 Å². The number of anilines is 1. The highest BCUT2D eigenvalue weighted by molar-refractivity contribution is 6.30. The Morgan fingerprint density at radius 3 is 2.72 bits per heavy atom. The van der Waals surface area contributed by atoms with Crippen LogP contribution in [0.2, 0.25) is 5.02 Å². The lowest BCUT2D eigenvalue weighted by Crippen LogP contribution is -2.25. The number of nitrogens with two attached hydrogens (primary N) is 1. The van der Waals surface area contributed by atoms with Crippen molar-refractivity contribution in [3.63, 3.8) is 0 Å². The van der Waals surface area contributed by atoms with Gasteiger partial charge in [0.15, 0.2) is 0 Å². The van der Waals surface area contributed by atoms with Crippen molar-refractivity contribution in [3.8, 4) is 0 Å². The number of ether oxygens (including phenoxy) is 1. The normalized spacial score (nSPS) is 11.0. The predicted molar refractivity (Wildman–Crippen MR) is 78.6 cm³/mol. The van der Waals surface area contributed by atoms with Crippen LogP contribution < -0.4 is 10.6 Å². The average molecular weight is 271 g/mol. The van der Waals surface area contributed by atoms with Gasteiger partial charge in [-0.1, -0.05) is 17.7 Å². The third-order valence-electron chi connectivity index (χ3n) is 2.75. The fourth-order valence-electron chi connectivity index (χ4n) is 1.81. The summed E-state index contributed by atoms with van der Waals surface area (Å²) in [7, 11) is 2.05. The number of nitrogens with zero attached hydrogens (tertiary/aromatic N) is 1. The summed E-state index contributed by atoms with van der Waals surface area (Å²) in [4.78, 5) is 2.17. The third kappa shape index (κ3) is 4.84. The molecule has 0 saturated carbocycles. The number of benzene rings is 1. The van der Waals surface area contributed by atoms with Crippen molar-refractivity contribution < 1.29 is 4.74 Å². The highest BCUT2D eigenvalue weighted by Crippen LogP contribution is 2.24. The zero-order valence-electron chi connectivity index (χ0n) is 11.4. The standard InChI is InChI=1S/C14H23ClN2O/c1-11(2)18-9-8-17(3)14-10-13(15)5-4-12(14)6-7-16/h4-5,10-11H,6-9,16H2,1-3H3. The first-order valence-electron chi connectivity index (χ1n) is 6.35. The lowest BCUT2D eigenvalue weighted by molar-refractivity contribution is 0.0846. The van der Waals surface area contributed by atoms with Crippen LogP contribution in [0.4, 0.5) is 5.69 Å². The van der Waals surface area contributed by atoms with E-state index in [0.717, 1.165) is 23.7 Å². The Morgan fingerprint density at radius 1 is 1.39 bits per heavy atom. The second-order valence-corrected chi connectivity index (χ2v) is 5.09. The number of halogens is 1. The summed E-state index contributed by atoms with van der Waals surface area (Å²) in [5, 5.41) is 0.752. The van der Waals surface area contributed by atoms with Crippen LogP contribution in [0.25, 0.3) is 0 Å². The Labute approximate surface area is 115 Å². The maximum absolute atomic E-state index is 6.06. The lowest BCUT2D eigenvalue weighted by atomic mass is 10.1. The molecule has 1 aromatic carbocycles. The van der Waals surface area contributed by atoms with Crippen molar-refractivity contribution in [2.24, 2.45) is 5.73 Å². The molecule has 0 aliphatic heterocycles. The van der Waals surface area contributed by atoms with Crippen LogP contribution in [0, 0.1) is 0 Å². The van der Waals surface area contributed by atoms with E-state index in [4.69, 9.17) is 22.1 Å². The molecule has 0 fully saturated rings. The molecule has 0 heterocycles. The lowest BCUT2D eigenvalue weighted by Gasteiger charge is -2.23. The first kappa shape index (κ1) is 15.3. The minimum absolute atomic E-state index is 0.265. The molecule has 0 saturated heterocycles. The van der Waals surface area contributed by atoms with E-state index in [9.17, 15) is 0 Å². The SMILES string of the molecule is CC(C)OCCN(C)c1cc(Cl)ccc1CCN. The molecule has 0 radical (unpaired) electrons. The zero-order valence-corrected chi connectivity index (χ0v) is 12.2. The van der Waals surface area contributed by atoms with Gasteiger partial charge in [-0.05, 0) is 44.5 Å². The quantitative estimate of drug-likeness (QED) is 0.828. The fraction of sp³-hybridized carbons (Fsp3) is 0.571. The van der Waals surface area contributed by atoms with Crippen LogP contribution in [-0.4, -0.2) is 32.8 Å². The smallest absolute Gasteiger partial charge is 0.0644 e. The Balaban J connectivity index is 2.70. The van der Waals surface area contributed by atoms with Gasteiger partial charge in [-0.3, -0.25) is 0 Å². The highest BCUT2D eigenvalue weighted by Gasteiger charge is 2.08. The molecule has 0 aliphatic rings. The van der Waals surface area contributed by atoms with Crippen molar-refractivity contribution in [3.05, 3.63) is 28.8 Å². The van der Waals surface area contributed by atoms with Crippen LogP contribution in [0.5, 0.6) is 0 Å². The van der Waals surface area contributed by atoms with E-state index in [0.29, 0.717) is 13.2 Å². The Bertz CT molecular complexity index is 369. The molecular weight excluding hydrogens is 248 g/mol. The molecular formula is C14H23ClN2O. The Morgan fingerprint density at radius 2 is 2.11 bits per heavy atom. The first-order valence-corrected chi connectivity index (χ1v) is 6.73. The van der Waals surface area contributed by atoms with Crippen molar-refractivity contribution >= 4 is 17.3 Å². The van der Waals surface area contributed by atoms with E-state index in [1.54, 1.807) is 0 Å². The molecule has 102 valence electrons. The average Bonchev–Trinajstić information content (AvgIpc) is 2.31. The van der Waals surface area contributed by atoms with Crippen molar-refractivity contribution in [2.45, 2.75) is 26.4 Å². The van der Waals surface area contributed by atoms with Gasteiger partial charge in [0, 0.05) is 24.3 Å². The molecule has 0 amide bonds. The summed E-state index contributed by atoms with van der Waals surface area (Å²) in [6.07, 6.45) is 1.13. The molecule has 0 spiro atoms. The largest absolute Gasteiger partial charge is 0.377 e. The van der Waals surface area contributed by atoms with Crippen LogP contribution in [0.3, 0.4) is 0 Å². The molecule has 1 rings (SSSR count). The van der Waals surface area contributed by atoms with Gasteiger partial charge in [0.1, 0.15) is 0 Å². The second kappa shape index (κ2) is 7.62. The van der Waals surface area contributed by atoms with E-state index in [1.807, 2.05) is 32.0 Å². The van der Waals surface area contributed by atoms with Crippen molar-refractivity contribution in [2.75, 3.05) is 31.6 Å². The van der Waals surface area contributed by atoms with Gasteiger partial charge in [-0.25, -0.2) is 0 Å². The molecule has 0 aliphatic carbocycles. The summed E-state index contributed by atoms with van der Waals surface area (Å²) in [5.74, 6) is 0. The van der Waals surface area contributed by atoms with Gasteiger partial charge in [0.2, 0.25) is 0 Å². The van der Waals surface area contributed by atoms with E-state index >= 15 is 0 Å². The minimum atomic E-state index is 0.265. The minimum Gasteiger partial charge on any atom is -0.377 e. The maximum Gasteiger partial charge on any atom is 0.0644 e. The molecule has 0 unspecified atom stereocenters. The van der Waals surface area contributed by atoms with Gasteiger partial charge in [0.05, 0.1) is 12.7 Å². The molecule has 4 heteroatoms. The van der Waals surface area contributed by atoms with E-state index in [2.05, 4.69) is 11.9 Å². The molecule has 2 N–H and O–H groups in total. The third-order valence-corrected chi connectivity index (χ3v) is 2.99. The van der Waals surface area contributed by atoms with Crippen LogP contribution in [-0.2, 0) is 11.2 Å². The summed E-state index contributed by atoms with van der Waals surface area (Å²) >= 11 is 6.06. The van der Waals surface area contributed by atoms with E-state index in [1.165, 1.54) is 5.56 Å². The molecule has 3 nitrogen and oxygen atoms in total. The van der Waals surface area contributed by atoms with Crippen molar-refractivity contribution in [1.82, 2.24) is 0 Å². The number of rotatable bonds is 7. The zero-order chi connectivity index (χ0) is 13.5. The van der Waals surface area contributed by atoms with Gasteiger partial charge in [-0.2, -0.15) is 0 Å². The van der Waals surface area contributed by atoms with Gasteiger partial charge < -0.3 is 15.4 Å². The Hall–Kier alpha value is -0.770. The molecule has 0 atom stereocenters. The van der Waals surface area contributed by atoms with E-state index < -0.39 is 0 Å². The fourth-order valence-corrected chi connectivity index (χ4v) is 1.97. The highest BCUT2D eigenvalue weighted by atomic mass is 35.5. The van der Waals surface area contributed by atoms with Gasteiger partial charge in [0.25, 0.3) is 0 Å². The van der Waals surface area contributed by atoms with Crippen molar-refractivity contribution in [1.29, 1.82) is 0 Å². The predicted octanol–water partition coefficient (Wildman–Crippen LogP) is 2.70. The monoisotopic (exact) mass is 270 g/mol. The topological polar surface area (TPSA) is 38.5 Å². The number of hydrogen-bond acceptors (Lipinski definition) is 3. The summed E-state index contributed by atoms with van der Waals surface area (Å²) in [6.45, 7) is 6.28. The molecule has 0 aromatic heterocycles. The molecule has 0 bridgehead atoms. The van der Waals surface area contributed by atoms with Crippen LogP contribution in [0.1, 0.15) is 19.4 Å². The Kier molecular flexibility index (Phi) is 6.47. The van der Waals surface area contributed by atoms with Crippen LogP contribution >= 0.6 is 11.6 Å². The number of likely N-dealkylation sites (N-methyl/N-ethyl adjacent to an activating group) is 1. The summed E-state index contributed by atoms with van der Waals surface area (Å²) < 4.78 is 5.56. The summed E-state index contributed by atoms with van der Waals surface area (Å²) in [6, 6.07) is 5.95. The van der Waals surface area contributed by atoms with Crippen LogP contribution in [0.15, 0.2) is 18.2 Å². The summed E-state index contributed by atoms with van der Waals surface area (Å²) in [5.41, 5.74) is 8.00. The molecule has 18 heavy (non-hydrogen) atoms.